The van der Waals surface area contributed by atoms with E-state index in [0.29, 0.717) is 12.0 Å². The van der Waals surface area contributed by atoms with Crippen LogP contribution in [-0.4, -0.2) is 29.9 Å². The molecule has 1 N–H and O–H groups in total. The van der Waals surface area contributed by atoms with Gasteiger partial charge in [-0.25, -0.2) is 8.42 Å². The molecular formula is C14H16ClN3O3S. The van der Waals surface area contributed by atoms with Gasteiger partial charge in [0.05, 0.1) is 12.2 Å². The second-order valence-electron chi connectivity index (χ2n) is 4.88. The van der Waals surface area contributed by atoms with Crippen molar-refractivity contribution in [2.24, 2.45) is 7.05 Å². The molecule has 0 unspecified atom stereocenters. The number of hydrogen-bond acceptors (Lipinski definition) is 4. The fourth-order valence-electron chi connectivity index (χ4n) is 1.96. The molecule has 0 bridgehead atoms. The summed E-state index contributed by atoms with van der Waals surface area (Å²) in [6.07, 6.45) is 1.80. The van der Waals surface area contributed by atoms with Crippen molar-refractivity contribution in [2.75, 3.05) is 5.75 Å². The van der Waals surface area contributed by atoms with E-state index in [1.54, 1.807) is 13.2 Å². The molecule has 6 nitrogen and oxygen atoms in total. The maximum atomic E-state index is 11.9. The molecule has 0 saturated carbocycles. The zero-order chi connectivity index (χ0) is 16.2. The first kappa shape index (κ1) is 16.5. The predicted molar refractivity (Wildman–Crippen MR) is 84.0 cm³/mol. The Morgan fingerprint density at radius 2 is 2.00 bits per heavy atom. The van der Waals surface area contributed by atoms with Crippen LogP contribution in [0.5, 0.6) is 0 Å². The molecule has 8 heteroatoms. The lowest BCUT2D eigenvalue weighted by atomic mass is 10.2. The van der Waals surface area contributed by atoms with Crippen LogP contribution in [0.15, 0.2) is 36.5 Å². The van der Waals surface area contributed by atoms with E-state index in [2.05, 4.69) is 5.10 Å². The van der Waals surface area contributed by atoms with E-state index < -0.39 is 15.9 Å². The molecule has 0 aliphatic rings. The number of aromatic nitrogens is 2. The molecular weight excluding hydrogens is 326 g/mol. The Balaban J connectivity index is 1.91. The van der Waals surface area contributed by atoms with Crippen LogP contribution in [0, 0.1) is 0 Å². The Morgan fingerprint density at radius 1 is 1.32 bits per heavy atom. The number of hydrogen-bond donors (Lipinski definition) is 1. The van der Waals surface area contributed by atoms with E-state index in [-0.39, 0.29) is 17.3 Å². The van der Waals surface area contributed by atoms with Gasteiger partial charge >= 0.3 is 0 Å². The number of aryl methyl sites for hydroxylation is 2. The molecule has 1 amide bonds. The van der Waals surface area contributed by atoms with Gasteiger partial charge < -0.3 is 0 Å². The number of amides is 1. The highest BCUT2D eigenvalue weighted by Gasteiger charge is 2.17. The molecule has 0 fully saturated rings. The highest BCUT2D eigenvalue weighted by Crippen LogP contribution is 2.13. The van der Waals surface area contributed by atoms with Crippen molar-refractivity contribution in [1.29, 1.82) is 0 Å². The Labute approximate surface area is 134 Å². The second kappa shape index (κ2) is 6.93. The molecule has 2 aromatic rings. The van der Waals surface area contributed by atoms with Gasteiger partial charge in [0.1, 0.15) is 0 Å². The lowest BCUT2D eigenvalue weighted by Gasteiger charge is -2.06. The van der Waals surface area contributed by atoms with Crippen molar-refractivity contribution in [2.45, 2.75) is 12.8 Å². The Hall–Kier alpha value is -1.86. The van der Waals surface area contributed by atoms with Gasteiger partial charge in [-0.1, -0.05) is 41.9 Å². The van der Waals surface area contributed by atoms with Gasteiger partial charge in [-0.2, -0.15) is 5.10 Å². The van der Waals surface area contributed by atoms with Crippen LogP contribution in [0.25, 0.3) is 0 Å². The largest absolute Gasteiger partial charge is 0.274 e. The number of carbonyl (C=O) groups excluding carboxylic acids is 1. The minimum absolute atomic E-state index is 0.128. The molecule has 0 saturated heterocycles. The molecule has 0 spiro atoms. The molecule has 1 heterocycles. The molecule has 118 valence electrons. The Bertz CT molecular complexity index is 757. The molecule has 2 rings (SSSR count). The van der Waals surface area contributed by atoms with Crippen LogP contribution in [0.4, 0.5) is 0 Å². The van der Waals surface area contributed by atoms with Crippen LogP contribution < -0.4 is 4.72 Å². The third-order valence-electron chi connectivity index (χ3n) is 2.98. The lowest BCUT2D eigenvalue weighted by Crippen LogP contribution is -2.34. The smallest absolute Gasteiger partial charge is 0.238 e. The summed E-state index contributed by atoms with van der Waals surface area (Å²) in [6, 6.07) is 9.22. The number of benzene rings is 1. The summed E-state index contributed by atoms with van der Waals surface area (Å²) in [5.74, 6) is -0.772. The average molecular weight is 342 g/mol. The lowest BCUT2D eigenvalue weighted by molar-refractivity contribution is -0.118. The van der Waals surface area contributed by atoms with E-state index in [1.165, 1.54) is 4.68 Å². The van der Waals surface area contributed by atoms with E-state index in [1.807, 2.05) is 35.1 Å². The molecule has 1 aromatic heterocycles. The first-order valence-corrected chi connectivity index (χ1v) is 8.64. The topological polar surface area (TPSA) is 81.1 Å². The summed E-state index contributed by atoms with van der Waals surface area (Å²) >= 11 is 5.84. The standard InChI is InChI=1S/C14H16ClN3O3S/c1-18-10-12(14(15)16-18)9-13(19)17-22(20,21)8-7-11-5-3-2-4-6-11/h2-6,10H,7-9H2,1H3,(H,17,19). The number of halogens is 1. The fourth-order valence-corrected chi connectivity index (χ4v) is 3.22. The van der Waals surface area contributed by atoms with Crippen LogP contribution >= 0.6 is 11.6 Å². The quantitative estimate of drug-likeness (QED) is 0.858. The maximum Gasteiger partial charge on any atom is 0.238 e. The van der Waals surface area contributed by atoms with Crippen LogP contribution in [0.3, 0.4) is 0 Å². The summed E-state index contributed by atoms with van der Waals surface area (Å²) in [4.78, 5) is 11.8. The van der Waals surface area contributed by atoms with Gasteiger partial charge in [-0.05, 0) is 12.0 Å². The minimum atomic E-state index is -3.67. The molecule has 22 heavy (non-hydrogen) atoms. The minimum Gasteiger partial charge on any atom is -0.274 e. The van der Waals surface area contributed by atoms with Crippen molar-refractivity contribution in [3.8, 4) is 0 Å². The van der Waals surface area contributed by atoms with Crippen LogP contribution in [0.2, 0.25) is 5.15 Å². The molecule has 0 aliphatic carbocycles. The monoisotopic (exact) mass is 341 g/mol. The normalized spacial score (nSPS) is 11.4. The third-order valence-corrected chi connectivity index (χ3v) is 4.57. The van der Waals surface area contributed by atoms with Crippen molar-refractivity contribution >= 4 is 27.5 Å². The summed E-state index contributed by atoms with van der Waals surface area (Å²) in [7, 11) is -2.00. The maximum absolute atomic E-state index is 11.9. The third kappa shape index (κ3) is 4.85. The molecule has 1 aromatic carbocycles. The number of nitrogens with zero attached hydrogens (tertiary/aromatic N) is 2. The average Bonchev–Trinajstić information content (AvgIpc) is 2.75. The number of nitrogens with one attached hydrogen (secondary N) is 1. The van der Waals surface area contributed by atoms with Crippen LogP contribution in [0.1, 0.15) is 11.1 Å². The van der Waals surface area contributed by atoms with Crippen molar-refractivity contribution in [1.82, 2.24) is 14.5 Å². The highest BCUT2D eigenvalue weighted by molar-refractivity contribution is 7.90. The zero-order valence-electron chi connectivity index (χ0n) is 12.0. The van der Waals surface area contributed by atoms with Crippen molar-refractivity contribution in [3.63, 3.8) is 0 Å². The highest BCUT2D eigenvalue weighted by atomic mass is 35.5. The SMILES string of the molecule is Cn1cc(CC(=O)NS(=O)(=O)CCc2ccccc2)c(Cl)n1. The number of carbonyl (C=O) groups is 1. The fraction of sp³-hybridized carbons (Fsp3) is 0.286. The second-order valence-corrected chi connectivity index (χ2v) is 7.08. The molecule has 0 aliphatic heterocycles. The Kier molecular flexibility index (Phi) is 5.20. The van der Waals surface area contributed by atoms with Crippen LogP contribution in [-0.2, 0) is 34.7 Å². The zero-order valence-corrected chi connectivity index (χ0v) is 13.6. The number of sulfonamides is 1. The van der Waals surface area contributed by atoms with E-state index in [0.717, 1.165) is 5.56 Å². The van der Waals surface area contributed by atoms with Crippen molar-refractivity contribution in [3.05, 3.63) is 52.8 Å². The summed E-state index contributed by atoms with van der Waals surface area (Å²) < 4.78 is 27.3. The summed E-state index contributed by atoms with van der Waals surface area (Å²) in [6.45, 7) is 0. The van der Waals surface area contributed by atoms with Crippen molar-refractivity contribution < 1.29 is 13.2 Å². The van der Waals surface area contributed by atoms with E-state index in [4.69, 9.17) is 11.6 Å². The van der Waals surface area contributed by atoms with Gasteiger partial charge in [0.25, 0.3) is 0 Å². The van der Waals surface area contributed by atoms with Gasteiger partial charge in [0, 0.05) is 18.8 Å². The van der Waals surface area contributed by atoms with E-state index >= 15 is 0 Å². The summed E-state index contributed by atoms with van der Waals surface area (Å²) in [5, 5.41) is 4.08. The number of rotatable bonds is 6. The molecule has 0 radical (unpaired) electrons. The Morgan fingerprint density at radius 3 is 2.59 bits per heavy atom. The van der Waals surface area contributed by atoms with Gasteiger partial charge in [0.2, 0.25) is 15.9 Å². The van der Waals surface area contributed by atoms with Gasteiger partial charge in [0.15, 0.2) is 5.15 Å². The van der Waals surface area contributed by atoms with Gasteiger partial charge in [-0.15, -0.1) is 0 Å². The predicted octanol–water partition coefficient (Wildman–Crippen LogP) is 1.30. The molecule has 0 atom stereocenters. The van der Waals surface area contributed by atoms with Gasteiger partial charge in [-0.3, -0.25) is 14.2 Å². The first-order valence-electron chi connectivity index (χ1n) is 6.61. The summed E-state index contributed by atoms with van der Waals surface area (Å²) in [5.41, 5.74) is 1.38. The first-order chi connectivity index (χ1) is 10.4. The van der Waals surface area contributed by atoms with E-state index in [9.17, 15) is 13.2 Å².